The molecule has 0 heterocycles. The number of ether oxygens (including phenoxy) is 1. The Labute approximate surface area is 138 Å². The van der Waals surface area contributed by atoms with Crippen LogP contribution >= 0.6 is 0 Å². The Morgan fingerprint density at radius 1 is 1.17 bits per heavy atom. The number of rotatable bonds is 4. The number of esters is 2. The van der Waals surface area contributed by atoms with Crippen molar-refractivity contribution in [1.29, 1.82) is 0 Å². The maximum Gasteiger partial charge on any atom is 0.347 e. The van der Waals surface area contributed by atoms with Crippen molar-refractivity contribution in [1.82, 2.24) is 0 Å². The van der Waals surface area contributed by atoms with Gasteiger partial charge in [-0.15, -0.1) is 0 Å². The second-order valence-electron chi connectivity index (χ2n) is 4.38. The summed E-state index contributed by atoms with van der Waals surface area (Å²) in [6, 6.07) is 0. The normalized spacial score (nSPS) is 15.3. The Balaban J connectivity index is 0.00000232. The molecule has 1 aliphatic rings. The molecule has 23 heavy (non-hydrogen) atoms. The van der Waals surface area contributed by atoms with Gasteiger partial charge in [0.25, 0.3) is 0 Å². The van der Waals surface area contributed by atoms with Crippen LogP contribution in [-0.2, 0) is 14.3 Å². The van der Waals surface area contributed by atoms with Crippen LogP contribution in [-0.4, -0.2) is 11.9 Å². The van der Waals surface area contributed by atoms with E-state index < -0.39 is 11.9 Å². The molecular formula is C18H26N2O3. The minimum absolute atomic E-state index is 0.139. The molecule has 5 heteroatoms. The van der Waals surface area contributed by atoms with E-state index >= 15 is 0 Å². The average Bonchev–Trinajstić information content (AvgIpc) is 2.55. The van der Waals surface area contributed by atoms with Gasteiger partial charge in [-0.3, -0.25) is 0 Å². The average molecular weight is 318 g/mol. The summed E-state index contributed by atoms with van der Waals surface area (Å²) in [5.74, 6) is -1.55. The second-order valence-corrected chi connectivity index (χ2v) is 4.38. The van der Waals surface area contributed by atoms with Crippen molar-refractivity contribution < 1.29 is 14.3 Å². The minimum atomic E-state index is -0.792. The molecule has 1 rings (SSSR count). The highest BCUT2D eigenvalue weighted by atomic mass is 16.6. The van der Waals surface area contributed by atoms with E-state index in [-0.39, 0.29) is 16.8 Å². The Hall–Kier alpha value is -2.56. The van der Waals surface area contributed by atoms with Crippen LogP contribution in [0.5, 0.6) is 0 Å². The third-order valence-electron chi connectivity index (χ3n) is 2.88. The van der Waals surface area contributed by atoms with Crippen LogP contribution in [0.15, 0.2) is 59.0 Å². The fraction of sp³-hybridized carbons (Fsp3) is 0.333. The second kappa shape index (κ2) is 11.1. The van der Waals surface area contributed by atoms with Gasteiger partial charge in [-0.05, 0) is 32.8 Å². The molecule has 0 saturated carbocycles. The van der Waals surface area contributed by atoms with Crippen LogP contribution in [0.3, 0.4) is 0 Å². The van der Waals surface area contributed by atoms with Gasteiger partial charge in [0.15, 0.2) is 0 Å². The minimum Gasteiger partial charge on any atom is -0.398 e. The summed E-state index contributed by atoms with van der Waals surface area (Å²) in [5, 5.41) is 0. The van der Waals surface area contributed by atoms with E-state index in [0.29, 0.717) is 12.1 Å². The van der Waals surface area contributed by atoms with Crippen LogP contribution < -0.4 is 11.5 Å². The molecule has 0 unspecified atom stereocenters. The van der Waals surface area contributed by atoms with Crippen LogP contribution in [0.4, 0.5) is 0 Å². The van der Waals surface area contributed by atoms with E-state index in [1.54, 1.807) is 37.3 Å². The molecular weight excluding hydrogens is 292 g/mol. The standard InChI is InChI=1S/C16H20N2O3.C2H6/c1-3-5-9-13(17)11(4-2)15(19)21-16(20)12-8-6-7-10-14(12)18;1-2/h3-5,8-10H,6-7,17-18H2,1-2H3;1-2H3/b5-3-,11-4+,13-9+;. The number of carbonyl (C=O) groups excluding carboxylic acids is 2. The van der Waals surface area contributed by atoms with Gasteiger partial charge in [-0.1, -0.05) is 44.2 Å². The van der Waals surface area contributed by atoms with E-state index in [9.17, 15) is 9.59 Å². The lowest BCUT2D eigenvalue weighted by Crippen LogP contribution is -2.22. The van der Waals surface area contributed by atoms with Crippen molar-refractivity contribution in [2.24, 2.45) is 11.5 Å². The predicted molar refractivity (Wildman–Crippen MR) is 92.9 cm³/mol. The molecule has 0 aromatic carbocycles. The highest BCUT2D eigenvalue weighted by molar-refractivity contribution is 6.05. The smallest absolute Gasteiger partial charge is 0.347 e. The summed E-state index contributed by atoms with van der Waals surface area (Å²) in [6.45, 7) is 7.47. The highest BCUT2D eigenvalue weighted by Gasteiger charge is 2.22. The third kappa shape index (κ3) is 6.38. The summed E-state index contributed by atoms with van der Waals surface area (Å²) in [6.07, 6.45) is 11.4. The summed E-state index contributed by atoms with van der Waals surface area (Å²) >= 11 is 0. The molecule has 5 nitrogen and oxygen atoms in total. The lowest BCUT2D eigenvalue weighted by atomic mass is 10.0. The quantitative estimate of drug-likeness (QED) is 0.359. The number of hydrogen-bond acceptors (Lipinski definition) is 5. The topological polar surface area (TPSA) is 95.4 Å². The molecule has 0 spiro atoms. The van der Waals surface area contributed by atoms with Crippen LogP contribution in [0, 0.1) is 0 Å². The van der Waals surface area contributed by atoms with Crippen molar-refractivity contribution in [3.63, 3.8) is 0 Å². The maximum absolute atomic E-state index is 12.0. The first kappa shape index (κ1) is 20.4. The van der Waals surface area contributed by atoms with Gasteiger partial charge in [0.1, 0.15) is 0 Å². The largest absolute Gasteiger partial charge is 0.398 e. The molecule has 4 N–H and O–H groups in total. The molecule has 0 fully saturated rings. The highest BCUT2D eigenvalue weighted by Crippen LogP contribution is 2.17. The maximum atomic E-state index is 12.0. The van der Waals surface area contributed by atoms with Crippen LogP contribution in [0.25, 0.3) is 0 Å². The lowest BCUT2D eigenvalue weighted by Gasteiger charge is -2.12. The van der Waals surface area contributed by atoms with Crippen LogP contribution in [0.2, 0.25) is 0 Å². The van der Waals surface area contributed by atoms with Crippen molar-refractivity contribution >= 4 is 11.9 Å². The Morgan fingerprint density at radius 2 is 1.78 bits per heavy atom. The van der Waals surface area contributed by atoms with Crippen LogP contribution in [0.1, 0.15) is 40.5 Å². The summed E-state index contributed by atoms with van der Waals surface area (Å²) in [5.41, 5.74) is 12.4. The Bertz CT molecular complexity index is 579. The van der Waals surface area contributed by atoms with Crippen molar-refractivity contribution in [3.05, 3.63) is 59.0 Å². The van der Waals surface area contributed by atoms with Gasteiger partial charge < -0.3 is 16.2 Å². The van der Waals surface area contributed by atoms with E-state index in [1.807, 2.05) is 20.8 Å². The SMILES string of the molecule is CC.C\C=C/C=C(N)\C(=C/C)C(=O)OC(=O)C1=CCCC=C1N. The number of hydrogen-bond donors (Lipinski definition) is 2. The van der Waals surface area contributed by atoms with Crippen molar-refractivity contribution in [3.8, 4) is 0 Å². The Morgan fingerprint density at radius 3 is 2.30 bits per heavy atom. The molecule has 0 amide bonds. The van der Waals surface area contributed by atoms with E-state index in [4.69, 9.17) is 16.2 Å². The molecule has 0 saturated heterocycles. The zero-order valence-electron chi connectivity index (χ0n) is 14.3. The first-order chi connectivity index (χ1) is 11.0. The van der Waals surface area contributed by atoms with Gasteiger partial charge in [0.2, 0.25) is 0 Å². The fourth-order valence-electron chi connectivity index (χ4n) is 1.78. The van der Waals surface area contributed by atoms with Gasteiger partial charge in [0, 0.05) is 11.4 Å². The molecule has 126 valence electrons. The first-order valence-electron chi connectivity index (χ1n) is 7.69. The van der Waals surface area contributed by atoms with Gasteiger partial charge in [0.05, 0.1) is 11.1 Å². The molecule has 1 aliphatic carbocycles. The summed E-state index contributed by atoms with van der Waals surface area (Å²) in [4.78, 5) is 23.9. The molecule has 0 aromatic heterocycles. The summed E-state index contributed by atoms with van der Waals surface area (Å²) in [7, 11) is 0. The monoisotopic (exact) mass is 318 g/mol. The van der Waals surface area contributed by atoms with E-state index in [0.717, 1.165) is 6.42 Å². The molecule has 0 atom stereocenters. The van der Waals surface area contributed by atoms with E-state index in [1.165, 1.54) is 6.08 Å². The number of carbonyl (C=O) groups is 2. The molecule has 0 aliphatic heterocycles. The zero-order valence-corrected chi connectivity index (χ0v) is 14.3. The lowest BCUT2D eigenvalue weighted by molar-refractivity contribution is -0.153. The number of nitrogens with two attached hydrogens (primary N) is 2. The molecule has 0 aromatic rings. The molecule has 0 radical (unpaired) electrons. The number of allylic oxidation sites excluding steroid dienone is 6. The van der Waals surface area contributed by atoms with Gasteiger partial charge in [-0.25, -0.2) is 9.59 Å². The van der Waals surface area contributed by atoms with Gasteiger partial charge >= 0.3 is 11.9 Å². The zero-order chi connectivity index (χ0) is 17.8. The van der Waals surface area contributed by atoms with Gasteiger partial charge in [-0.2, -0.15) is 0 Å². The van der Waals surface area contributed by atoms with Crippen molar-refractivity contribution in [2.75, 3.05) is 0 Å². The summed E-state index contributed by atoms with van der Waals surface area (Å²) < 4.78 is 4.83. The predicted octanol–water partition coefficient (Wildman–Crippen LogP) is 3.01. The Kier molecular flexibility index (Phi) is 9.83. The fourth-order valence-corrected chi connectivity index (χ4v) is 1.78. The third-order valence-corrected chi connectivity index (χ3v) is 2.88. The molecule has 0 bridgehead atoms. The van der Waals surface area contributed by atoms with Crippen molar-refractivity contribution in [2.45, 2.75) is 40.5 Å². The van der Waals surface area contributed by atoms with E-state index in [2.05, 4.69) is 0 Å². The first-order valence-corrected chi connectivity index (χ1v) is 7.69.